The second kappa shape index (κ2) is 14.5. The maximum Gasteiger partial charge on any atom is 0.405 e. The minimum Gasteiger partial charge on any atom is -0.481 e. The molecule has 1 aromatic heterocycles. The number of hydrogen-bond donors (Lipinski definition) is 6. The maximum absolute atomic E-state index is 15.3. The molecule has 0 aliphatic carbocycles. The van der Waals surface area contributed by atoms with Gasteiger partial charge in [-0.25, -0.2) is 22.9 Å². The molecule has 6 N–H and O–H groups in total. The highest BCUT2D eigenvalue weighted by Crippen LogP contribution is 2.49. The summed E-state index contributed by atoms with van der Waals surface area (Å²) in [5, 5.41) is 18.0. The van der Waals surface area contributed by atoms with E-state index in [0.29, 0.717) is 31.5 Å². The van der Waals surface area contributed by atoms with E-state index in [9.17, 15) is 28.2 Å². The molecule has 0 saturated carbocycles. The lowest BCUT2D eigenvalue weighted by Gasteiger charge is -2.49. The van der Waals surface area contributed by atoms with Crippen LogP contribution in [0.3, 0.4) is 0 Å². The van der Waals surface area contributed by atoms with E-state index < -0.39 is 46.4 Å². The van der Waals surface area contributed by atoms with E-state index in [4.69, 9.17) is 16.3 Å². The number of aromatic nitrogens is 1. The van der Waals surface area contributed by atoms with Crippen molar-refractivity contribution in [2.75, 3.05) is 31.3 Å². The van der Waals surface area contributed by atoms with E-state index in [-0.39, 0.29) is 52.0 Å². The molecule has 3 heterocycles. The first-order chi connectivity index (χ1) is 22.0. The zero-order valence-electron chi connectivity index (χ0n) is 25.0. The van der Waals surface area contributed by atoms with E-state index in [1.54, 1.807) is 10.4 Å². The third kappa shape index (κ3) is 7.70. The van der Waals surface area contributed by atoms with Gasteiger partial charge in [0.1, 0.15) is 17.7 Å². The van der Waals surface area contributed by atoms with Crippen LogP contribution in [0.4, 0.5) is 19.3 Å². The summed E-state index contributed by atoms with van der Waals surface area (Å²) in [4.78, 5) is 30.1. The molecule has 2 amide bonds. The summed E-state index contributed by atoms with van der Waals surface area (Å²) in [5.74, 6) is -2.79. The summed E-state index contributed by atoms with van der Waals surface area (Å²) < 4.78 is 58.6. The number of methoxy groups -OCH3 is 1. The maximum atomic E-state index is 15.3. The number of anilines is 1. The SMILES string of the molecule is COc1cc([C@H](c2ccc(Cl)c(F)c2)[C@@H](NC(=O)O)C(=O)Nc2cccc(F)c2CCC2CNC3CCCS(O)(O)N2C3)ccn1. The van der Waals surface area contributed by atoms with Crippen LogP contribution in [0.5, 0.6) is 5.88 Å². The first-order valence-corrected chi connectivity index (χ1v) is 16.8. The molecule has 0 radical (unpaired) electrons. The molecule has 2 bridgehead atoms. The first-order valence-electron chi connectivity index (χ1n) is 14.8. The third-order valence-corrected chi connectivity index (χ3v) is 10.8. The molecule has 5 rings (SSSR count). The lowest BCUT2D eigenvalue weighted by atomic mass is 9.84. The normalized spacial score (nSPS) is 22.5. The summed E-state index contributed by atoms with van der Waals surface area (Å²) in [6.45, 7) is 0.971. The lowest BCUT2D eigenvalue weighted by Crippen LogP contribution is -2.55. The number of fused-ring (bicyclic) bond motifs is 2. The Morgan fingerprint density at radius 3 is 2.70 bits per heavy atom. The number of nitrogens with one attached hydrogen (secondary N) is 3. The van der Waals surface area contributed by atoms with Crippen molar-refractivity contribution in [3.8, 4) is 5.88 Å². The van der Waals surface area contributed by atoms with Gasteiger partial charge in [0.2, 0.25) is 11.8 Å². The van der Waals surface area contributed by atoms with Crippen LogP contribution < -0.4 is 20.7 Å². The van der Waals surface area contributed by atoms with Gasteiger partial charge in [-0.3, -0.25) is 13.9 Å². The molecule has 2 aliphatic heterocycles. The molecular formula is C31H36ClF2N5O6S. The van der Waals surface area contributed by atoms with E-state index in [2.05, 4.69) is 20.9 Å². The Morgan fingerprint density at radius 1 is 1.17 bits per heavy atom. The molecule has 248 valence electrons. The largest absolute Gasteiger partial charge is 0.481 e. The van der Waals surface area contributed by atoms with Gasteiger partial charge in [-0.1, -0.05) is 23.7 Å². The average Bonchev–Trinajstić information content (AvgIpc) is 3.13. The van der Waals surface area contributed by atoms with Crippen molar-refractivity contribution in [2.45, 2.75) is 49.7 Å². The van der Waals surface area contributed by atoms with Gasteiger partial charge in [0, 0.05) is 54.6 Å². The number of carbonyl (C=O) groups is 2. The van der Waals surface area contributed by atoms with Crippen LogP contribution in [0.25, 0.3) is 0 Å². The molecule has 2 aliphatic rings. The van der Waals surface area contributed by atoms with Gasteiger partial charge < -0.3 is 25.8 Å². The molecule has 2 aromatic carbocycles. The molecule has 2 saturated heterocycles. The number of pyridine rings is 1. The van der Waals surface area contributed by atoms with Crippen LogP contribution in [0.15, 0.2) is 54.7 Å². The standard InChI is InChI=1S/C31H36ClF2N5O6S/c1-45-27-15-19(11-12-35-27)28(18-7-10-23(32)25(34)14-18)29(38-31(41)42)30(40)37-26-6-2-5-24(33)22(26)9-8-21-16-36-20-4-3-13-46(43,44)39(21)17-20/h2,5-7,10-12,14-15,20-21,28-29,36,38,43-44H,3-4,8-9,13,16-17H2,1H3,(H,37,40)(H,41,42)/t20?,21?,28-,29+/m0/s1. The minimum atomic E-state index is -2.96. The summed E-state index contributed by atoms with van der Waals surface area (Å²) in [6.07, 6.45) is 1.93. The zero-order valence-corrected chi connectivity index (χ0v) is 26.5. The van der Waals surface area contributed by atoms with Gasteiger partial charge in [-0.05, 0) is 67.1 Å². The molecule has 2 fully saturated rings. The predicted octanol–water partition coefficient (Wildman–Crippen LogP) is 5.46. The summed E-state index contributed by atoms with van der Waals surface area (Å²) in [7, 11) is -1.57. The number of rotatable bonds is 10. The van der Waals surface area contributed by atoms with E-state index in [0.717, 1.165) is 12.5 Å². The van der Waals surface area contributed by atoms with Gasteiger partial charge >= 0.3 is 6.09 Å². The highest BCUT2D eigenvalue weighted by Gasteiger charge is 2.38. The van der Waals surface area contributed by atoms with Crippen LogP contribution in [0.2, 0.25) is 5.02 Å². The number of amides is 2. The first kappa shape index (κ1) is 33.8. The van der Waals surface area contributed by atoms with Crippen LogP contribution in [-0.2, 0) is 11.2 Å². The summed E-state index contributed by atoms with van der Waals surface area (Å²) >= 11 is 5.92. The fourth-order valence-corrected chi connectivity index (χ4v) is 8.15. The number of hydrogen-bond acceptors (Lipinski definition) is 8. The van der Waals surface area contributed by atoms with Gasteiger partial charge in [0.15, 0.2) is 0 Å². The molecule has 5 atom stereocenters. The average molecular weight is 680 g/mol. The Hall–Kier alpha value is -3.53. The highest BCUT2D eigenvalue weighted by molar-refractivity contribution is 8.22. The van der Waals surface area contributed by atoms with Crippen molar-refractivity contribution in [2.24, 2.45) is 0 Å². The Bertz CT molecular complexity index is 1590. The number of carboxylic acid groups (broad SMARTS) is 1. The number of ether oxygens (including phenoxy) is 1. The van der Waals surface area contributed by atoms with Crippen LogP contribution in [0.1, 0.15) is 41.9 Å². The smallest absolute Gasteiger partial charge is 0.405 e. The van der Waals surface area contributed by atoms with Gasteiger partial charge in [0.05, 0.1) is 17.9 Å². The van der Waals surface area contributed by atoms with Gasteiger partial charge in [0.25, 0.3) is 0 Å². The number of halogens is 3. The van der Waals surface area contributed by atoms with Crippen molar-refractivity contribution >= 4 is 40.1 Å². The summed E-state index contributed by atoms with van der Waals surface area (Å²) in [6, 6.07) is 9.49. The Balaban J connectivity index is 1.45. The van der Waals surface area contributed by atoms with Gasteiger partial charge in [-0.15, -0.1) is 10.8 Å². The molecule has 3 aromatic rings. The second-order valence-corrected chi connectivity index (χ2v) is 13.9. The number of benzene rings is 2. The Morgan fingerprint density at radius 2 is 1.96 bits per heavy atom. The zero-order chi connectivity index (χ0) is 33.0. The fourth-order valence-electron chi connectivity index (χ4n) is 6.17. The molecule has 11 nitrogen and oxygen atoms in total. The van der Waals surface area contributed by atoms with Crippen LogP contribution >= 0.6 is 22.4 Å². The van der Waals surface area contributed by atoms with Gasteiger partial charge in [-0.2, -0.15) is 0 Å². The van der Waals surface area contributed by atoms with Crippen molar-refractivity contribution in [1.82, 2.24) is 19.9 Å². The third-order valence-electron chi connectivity index (χ3n) is 8.43. The van der Waals surface area contributed by atoms with E-state index >= 15 is 4.39 Å². The molecule has 15 heteroatoms. The monoisotopic (exact) mass is 679 g/mol. The number of piperazine rings is 1. The Kier molecular flexibility index (Phi) is 10.7. The quantitative estimate of drug-likeness (QED) is 0.164. The number of nitrogens with zero attached hydrogens (tertiary/aromatic N) is 2. The van der Waals surface area contributed by atoms with E-state index in [1.807, 2.05) is 0 Å². The highest BCUT2D eigenvalue weighted by atomic mass is 35.5. The molecule has 3 unspecified atom stereocenters. The molecule has 46 heavy (non-hydrogen) atoms. The number of carbonyl (C=O) groups excluding carboxylic acids is 1. The minimum absolute atomic E-state index is 0.125. The van der Waals surface area contributed by atoms with Crippen molar-refractivity contribution in [1.29, 1.82) is 0 Å². The van der Waals surface area contributed by atoms with Crippen molar-refractivity contribution < 1.29 is 37.3 Å². The molecule has 0 spiro atoms. The van der Waals surface area contributed by atoms with Crippen molar-refractivity contribution in [3.63, 3.8) is 0 Å². The molecular weight excluding hydrogens is 644 g/mol. The lowest BCUT2D eigenvalue weighted by molar-refractivity contribution is -0.118. The predicted molar refractivity (Wildman–Crippen MR) is 172 cm³/mol. The van der Waals surface area contributed by atoms with Crippen LogP contribution in [0, 0.1) is 11.6 Å². The topological polar surface area (TPSA) is 156 Å². The summed E-state index contributed by atoms with van der Waals surface area (Å²) in [5.41, 5.74) is 0.933. The second-order valence-electron chi connectivity index (χ2n) is 11.3. The Labute approximate surface area is 271 Å². The van der Waals surface area contributed by atoms with Crippen molar-refractivity contribution in [3.05, 3.63) is 88.1 Å². The fraction of sp³-hybridized carbons (Fsp3) is 0.387. The van der Waals surface area contributed by atoms with Crippen LogP contribution in [-0.4, -0.2) is 79.6 Å². The van der Waals surface area contributed by atoms with E-state index in [1.165, 1.54) is 49.7 Å².